The zero-order valence-electron chi connectivity index (χ0n) is 9.79. The van der Waals surface area contributed by atoms with E-state index >= 15 is 0 Å². The summed E-state index contributed by atoms with van der Waals surface area (Å²) in [5.74, 6) is 0.749. The molecule has 1 aliphatic carbocycles. The minimum atomic E-state index is 0.176. The van der Waals surface area contributed by atoms with Crippen molar-refractivity contribution < 1.29 is 0 Å². The van der Waals surface area contributed by atoms with Gasteiger partial charge in [0.15, 0.2) is 0 Å². The van der Waals surface area contributed by atoms with E-state index in [9.17, 15) is 0 Å². The fraction of sp³-hybridized carbons (Fsp3) is 0.636. The van der Waals surface area contributed by atoms with Gasteiger partial charge in [-0.1, -0.05) is 0 Å². The number of nitrogen functional groups attached to an aromatic ring is 1. The normalized spacial score (nSPS) is 15.7. The molecule has 4 nitrogen and oxygen atoms in total. The van der Waals surface area contributed by atoms with E-state index in [2.05, 4.69) is 24.0 Å². The number of nitrogens with zero attached hydrogens (tertiary/aromatic N) is 2. The molecule has 2 rings (SSSR count). The monoisotopic (exact) mass is 238 g/mol. The fourth-order valence-corrected chi connectivity index (χ4v) is 2.63. The van der Waals surface area contributed by atoms with Crippen molar-refractivity contribution in [3.05, 3.63) is 15.6 Å². The Labute approximate surface area is 100.0 Å². The second kappa shape index (κ2) is 4.51. The van der Waals surface area contributed by atoms with Gasteiger partial charge in [-0.25, -0.2) is 4.98 Å². The van der Waals surface area contributed by atoms with Gasteiger partial charge in [0.25, 0.3) is 0 Å². The molecule has 0 spiro atoms. The number of thiazole rings is 1. The van der Waals surface area contributed by atoms with E-state index in [1.54, 1.807) is 11.3 Å². The maximum absolute atomic E-state index is 7.57. The largest absolute Gasteiger partial charge is 0.383 e. The zero-order valence-corrected chi connectivity index (χ0v) is 10.6. The lowest BCUT2D eigenvalue weighted by molar-refractivity contribution is 0.413. The minimum absolute atomic E-state index is 0.176. The molecule has 16 heavy (non-hydrogen) atoms. The molecule has 1 aromatic heterocycles. The van der Waals surface area contributed by atoms with Crippen molar-refractivity contribution >= 4 is 17.2 Å². The van der Waals surface area contributed by atoms with Crippen LogP contribution in [-0.2, 0) is 6.42 Å². The standard InChI is InChI=1S/C11H18N4S/c1-15(2)6-5-8-14-9(7-3-4-7)10(16-8)11(12)13/h7H,3-6H2,1-2H3,(H3,12,13). The molecule has 3 N–H and O–H groups in total. The van der Waals surface area contributed by atoms with Gasteiger partial charge >= 0.3 is 0 Å². The van der Waals surface area contributed by atoms with Crippen LogP contribution in [0.3, 0.4) is 0 Å². The Kier molecular flexibility index (Phi) is 3.25. The molecule has 5 heteroatoms. The molecule has 0 aromatic carbocycles. The van der Waals surface area contributed by atoms with Gasteiger partial charge in [0.1, 0.15) is 5.84 Å². The number of rotatable bonds is 5. The third-order valence-electron chi connectivity index (χ3n) is 2.68. The molecule has 0 radical (unpaired) electrons. The van der Waals surface area contributed by atoms with Crippen LogP contribution in [0.1, 0.15) is 34.3 Å². The van der Waals surface area contributed by atoms with Crippen molar-refractivity contribution in [1.82, 2.24) is 9.88 Å². The highest BCUT2D eigenvalue weighted by molar-refractivity contribution is 7.13. The molecule has 0 saturated heterocycles. The van der Waals surface area contributed by atoms with Gasteiger partial charge in [0.2, 0.25) is 0 Å². The molecule has 0 bridgehead atoms. The summed E-state index contributed by atoms with van der Waals surface area (Å²) in [4.78, 5) is 7.68. The lowest BCUT2D eigenvalue weighted by Gasteiger charge is -2.06. The van der Waals surface area contributed by atoms with Gasteiger partial charge in [-0.3, -0.25) is 5.41 Å². The number of hydrogen-bond donors (Lipinski definition) is 2. The van der Waals surface area contributed by atoms with Gasteiger partial charge < -0.3 is 10.6 Å². The Morgan fingerprint density at radius 2 is 2.25 bits per heavy atom. The van der Waals surface area contributed by atoms with Gasteiger partial charge in [-0.05, 0) is 26.9 Å². The quantitative estimate of drug-likeness (QED) is 0.602. The second-order valence-corrected chi connectivity index (χ2v) is 5.65. The van der Waals surface area contributed by atoms with E-state index in [0.717, 1.165) is 28.5 Å². The first kappa shape index (κ1) is 11.5. The molecule has 0 atom stereocenters. The van der Waals surface area contributed by atoms with Crippen molar-refractivity contribution in [2.24, 2.45) is 5.73 Å². The number of hydrogen-bond acceptors (Lipinski definition) is 4. The highest BCUT2D eigenvalue weighted by Crippen LogP contribution is 2.42. The van der Waals surface area contributed by atoms with Crippen LogP contribution in [0.5, 0.6) is 0 Å². The fourth-order valence-electron chi connectivity index (χ4n) is 1.63. The first-order chi connectivity index (χ1) is 7.58. The van der Waals surface area contributed by atoms with Crippen LogP contribution in [0.25, 0.3) is 0 Å². The van der Waals surface area contributed by atoms with E-state index in [4.69, 9.17) is 11.1 Å². The molecular weight excluding hydrogens is 220 g/mol. The first-order valence-corrected chi connectivity index (χ1v) is 6.38. The van der Waals surface area contributed by atoms with Gasteiger partial charge in [0.05, 0.1) is 15.6 Å². The van der Waals surface area contributed by atoms with Crippen molar-refractivity contribution in [2.45, 2.75) is 25.2 Å². The van der Waals surface area contributed by atoms with Crippen molar-refractivity contribution in [2.75, 3.05) is 20.6 Å². The third-order valence-corrected chi connectivity index (χ3v) is 3.84. The van der Waals surface area contributed by atoms with E-state index in [1.807, 2.05) is 0 Å². The summed E-state index contributed by atoms with van der Waals surface area (Å²) in [6.45, 7) is 0.995. The lowest BCUT2D eigenvalue weighted by Crippen LogP contribution is -2.14. The Morgan fingerprint density at radius 3 is 2.75 bits per heavy atom. The molecule has 0 aliphatic heterocycles. The predicted octanol–water partition coefficient (Wildman–Crippen LogP) is 1.41. The molecule has 1 aromatic rings. The smallest absolute Gasteiger partial charge is 0.135 e. The Morgan fingerprint density at radius 1 is 1.56 bits per heavy atom. The van der Waals surface area contributed by atoms with Crippen LogP contribution < -0.4 is 5.73 Å². The van der Waals surface area contributed by atoms with Crippen LogP contribution in [0.15, 0.2) is 0 Å². The van der Waals surface area contributed by atoms with E-state index < -0.39 is 0 Å². The SMILES string of the molecule is CN(C)CCc1nc(C2CC2)c(C(=N)N)s1. The summed E-state index contributed by atoms with van der Waals surface area (Å²) < 4.78 is 0. The number of nitrogens with one attached hydrogen (secondary N) is 1. The number of amidine groups is 1. The van der Waals surface area contributed by atoms with Crippen LogP contribution in [-0.4, -0.2) is 36.4 Å². The zero-order chi connectivity index (χ0) is 11.7. The van der Waals surface area contributed by atoms with Crippen molar-refractivity contribution in [1.29, 1.82) is 5.41 Å². The van der Waals surface area contributed by atoms with E-state index in [0.29, 0.717) is 5.92 Å². The third kappa shape index (κ3) is 2.59. The molecule has 1 aliphatic rings. The summed E-state index contributed by atoms with van der Waals surface area (Å²) in [6.07, 6.45) is 3.36. The summed E-state index contributed by atoms with van der Waals surface area (Å²) >= 11 is 1.59. The maximum Gasteiger partial charge on any atom is 0.135 e. The summed E-state index contributed by atoms with van der Waals surface area (Å²) in [5, 5.41) is 8.68. The van der Waals surface area contributed by atoms with Crippen molar-refractivity contribution in [3.63, 3.8) is 0 Å². The second-order valence-electron chi connectivity index (χ2n) is 4.56. The van der Waals surface area contributed by atoms with Crippen LogP contribution in [0.4, 0.5) is 0 Å². The Bertz CT molecular complexity index is 393. The molecule has 1 fully saturated rings. The molecule has 0 amide bonds. The maximum atomic E-state index is 7.57. The number of aromatic nitrogens is 1. The van der Waals surface area contributed by atoms with Gasteiger partial charge in [-0.15, -0.1) is 11.3 Å². The average Bonchev–Trinajstić information content (AvgIpc) is 2.95. The van der Waals surface area contributed by atoms with Crippen LogP contribution >= 0.6 is 11.3 Å². The summed E-state index contributed by atoms with van der Waals surface area (Å²) in [5.41, 5.74) is 6.67. The highest BCUT2D eigenvalue weighted by atomic mass is 32.1. The van der Waals surface area contributed by atoms with E-state index in [-0.39, 0.29) is 5.84 Å². The topological polar surface area (TPSA) is 66.0 Å². The Balaban J connectivity index is 2.14. The average molecular weight is 238 g/mol. The number of nitrogens with two attached hydrogens (primary N) is 1. The van der Waals surface area contributed by atoms with Crippen molar-refractivity contribution in [3.8, 4) is 0 Å². The summed E-state index contributed by atoms with van der Waals surface area (Å²) in [6, 6.07) is 0. The van der Waals surface area contributed by atoms with Crippen LogP contribution in [0.2, 0.25) is 0 Å². The van der Waals surface area contributed by atoms with Gasteiger partial charge in [-0.2, -0.15) is 0 Å². The van der Waals surface area contributed by atoms with Crippen LogP contribution in [0, 0.1) is 5.41 Å². The lowest BCUT2D eigenvalue weighted by atomic mass is 10.2. The van der Waals surface area contributed by atoms with Gasteiger partial charge in [0, 0.05) is 18.9 Å². The first-order valence-electron chi connectivity index (χ1n) is 5.56. The number of likely N-dealkylation sites (N-methyl/N-ethyl adjacent to an activating group) is 1. The molecule has 1 heterocycles. The molecule has 0 unspecified atom stereocenters. The molecule has 88 valence electrons. The van der Waals surface area contributed by atoms with E-state index in [1.165, 1.54) is 12.8 Å². The minimum Gasteiger partial charge on any atom is -0.383 e. The Hall–Kier alpha value is -0.940. The predicted molar refractivity (Wildman–Crippen MR) is 67.4 cm³/mol. The molecule has 1 saturated carbocycles. The molecular formula is C11H18N4S. The highest BCUT2D eigenvalue weighted by Gasteiger charge is 2.30. The summed E-state index contributed by atoms with van der Waals surface area (Å²) in [7, 11) is 4.11.